The summed E-state index contributed by atoms with van der Waals surface area (Å²) >= 11 is 0. The van der Waals surface area contributed by atoms with Gasteiger partial charge in [-0.2, -0.15) is 0 Å². The number of hydrogen-bond acceptors (Lipinski definition) is 2. The summed E-state index contributed by atoms with van der Waals surface area (Å²) in [6, 6.07) is 0. The molecule has 1 spiro atoms. The second-order valence-electron chi connectivity index (χ2n) is 9.65. The number of ketones is 1. The van der Waals surface area contributed by atoms with Gasteiger partial charge in [0.2, 0.25) is 0 Å². The van der Waals surface area contributed by atoms with E-state index in [2.05, 4.69) is 26.5 Å². The van der Waals surface area contributed by atoms with Gasteiger partial charge in [-0.1, -0.05) is 19.9 Å². The first-order valence-electron chi connectivity index (χ1n) is 9.79. The first-order chi connectivity index (χ1) is 11.0. The van der Waals surface area contributed by atoms with Gasteiger partial charge in [-0.15, -0.1) is 6.58 Å². The van der Waals surface area contributed by atoms with Crippen molar-refractivity contribution in [3.05, 3.63) is 12.7 Å². The van der Waals surface area contributed by atoms with Crippen LogP contribution in [0.1, 0.15) is 65.2 Å². The molecule has 23 heavy (non-hydrogen) atoms. The van der Waals surface area contributed by atoms with Gasteiger partial charge >= 0.3 is 0 Å². The van der Waals surface area contributed by atoms with Crippen LogP contribution < -0.4 is 0 Å². The van der Waals surface area contributed by atoms with Gasteiger partial charge in [0.1, 0.15) is 11.7 Å². The van der Waals surface area contributed by atoms with Crippen LogP contribution in [0.2, 0.25) is 0 Å². The molecule has 0 aromatic heterocycles. The highest BCUT2D eigenvalue weighted by Gasteiger charge is 2.76. The Bertz CT molecular complexity index is 582. The standard InChI is InChI=1S/C21H30O2/c1-4-13-5-6-15-14-7-12-21-18(23-21)17(22)9-11-20(21,3)16(14)8-10-19(13,15)2/h4,13-16,18H,1,5-12H2,2-3H3/t13-,14-,15-,16-,18?,19+,20+,21?/m0/s1. The van der Waals surface area contributed by atoms with Gasteiger partial charge in [0.15, 0.2) is 5.78 Å². The molecule has 2 nitrogen and oxygen atoms in total. The first-order valence-corrected chi connectivity index (χ1v) is 9.79. The van der Waals surface area contributed by atoms with Crippen molar-refractivity contribution in [3.8, 4) is 0 Å². The molecule has 5 rings (SSSR count). The van der Waals surface area contributed by atoms with Gasteiger partial charge in [0.25, 0.3) is 0 Å². The molecule has 5 fully saturated rings. The zero-order valence-electron chi connectivity index (χ0n) is 14.6. The predicted molar refractivity (Wildman–Crippen MR) is 89.9 cm³/mol. The minimum Gasteiger partial charge on any atom is -0.357 e. The summed E-state index contributed by atoms with van der Waals surface area (Å²) in [7, 11) is 0. The van der Waals surface area contributed by atoms with Gasteiger partial charge < -0.3 is 4.74 Å². The van der Waals surface area contributed by atoms with E-state index in [1.54, 1.807) is 0 Å². The van der Waals surface area contributed by atoms with Crippen molar-refractivity contribution in [3.63, 3.8) is 0 Å². The fraction of sp³-hybridized carbons (Fsp3) is 0.857. The molecule has 0 bridgehead atoms. The normalized spacial score (nSPS) is 60.3. The average molecular weight is 314 g/mol. The molecule has 0 aromatic rings. The molecule has 2 heteroatoms. The summed E-state index contributed by atoms with van der Waals surface area (Å²) in [6.07, 6.45) is 11.9. The van der Waals surface area contributed by atoms with Gasteiger partial charge in [-0.05, 0) is 74.0 Å². The van der Waals surface area contributed by atoms with Crippen LogP contribution in [-0.4, -0.2) is 17.5 Å². The Kier molecular flexibility index (Phi) is 2.75. The Balaban J connectivity index is 1.50. The molecule has 4 aliphatic carbocycles. The second kappa shape index (κ2) is 4.31. The molecule has 2 unspecified atom stereocenters. The van der Waals surface area contributed by atoms with Crippen LogP contribution in [0.4, 0.5) is 0 Å². The largest absolute Gasteiger partial charge is 0.357 e. The van der Waals surface area contributed by atoms with Crippen LogP contribution in [0, 0.1) is 34.5 Å². The Morgan fingerprint density at radius 3 is 2.70 bits per heavy atom. The molecule has 1 saturated heterocycles. The van der Waals surface area contributed by atoms with Crippen molar-refractivity contribution in [2.45, 2.75) is 76.9 Å². The van der Waals surface area contributed by atoms with Crippen LogP contribution in [-0.2, 0) is 9.53 Å². The third-order valence-electron chi connectivity index (χ3n) is 9.31. The Morgan fingerprint density at radius 1 is 1.09 bits per heavy atom. The smallest absolute Gasteiger partial charge is 0.164 e. The number of rotatable bonds is 1. The monoisotopic (exact) mass is 314 g/mol. The van der Waals surface area contributed by atoms with Crippen LogP contribution in [0.3, 0.4) is 0 Å². The summed E-state index contributed by atoms with van der Waals surface area (Å²) in [5, 5.41) is 0. The zero-order valence-corrected chi connectivity index (χ0v) is 14.6. The van der Waals surface area contributed by atoms with Crippen molar-refractivity contribution >= 4 is 5.78 Å². The summed E-state index contributed by atoms with van der Waals surface area (Å²) in [5.74, 6) is 3.60. The van der Waals surface area contributed by atoms with Gasteiger partial charge in [0, 0.05) is 11.8 Å². The molecule has 0 N–H and O–H groups in total. The number of carbonyl (C=O) groups is 1. The summed E-state index contributed by atoms with van der Waals surface area (Å²) in [4.78, 5) is 12.2. The molecule has 0 amide bonds. The lowest BCUT2D eigenvalue weighted by atomic mass is 9.44. The van der Waals surface area contributed by atoms with E-state index in [1.165, 1.54) is 32.1 Å². The molecule has 126 valence electrons. The van der Waals surface area contributed by atoms with Crippen molar-refractivity contribution in [2.24, 2.45) is 34.5 Å². The van der Waals surface area contributed by atoms with Gasteiger partial charge in [-0.25, -0.2) is 0 Å². The number of fused-ring (bicyclic) bond motifs is 4. The molecule has 5 aliphatic rings. The molecular formula is C21H30O2. The van der Waals surface area contributed by atoms with E-state index in [9.17, 15) is 4.79 Å². The summed E-state index contributed by atoms with van der Waals surface area (Å²) in [6.45, 7) is 9.14. The number of Topliss-reactive ketones (excluding diaryl/α,β-unsaturated/α-hetero) is 1. The maximum atomic E-state index is 12.2. The van der Waals surface area contributed by atoms with E-state index in [1.807, 2.05) is 0 Å². The van der Waals surface area contributed by atoms with E-state index in [0.717, 1.165) is 42.9 Å². The quantitative estimate of drug-likeness (QED) is 0.525. The Morgan fingerprint density at radius 2 is 1.91 bits per heavy atom. The summed E-state index contributed by atoms with van der Waals surface area (Å²) < 4.78 is 6.15. The number of epoxide rings is 1. The van der Waals surface area contributed by atoms with E-state index in [-0.39, 0.29) is 17.1 Å². The van der Waals surface area contributed by atoms with Crippen molar-refractivity contribution in [1.29, 1.82) is 0 Å². The molecule has 0 radical (unpaired) electrons. The van der Waals surface area contributed by atoms with Crippen molar-refractivity contribution in [2.75, 3.05) is 0 Å². The SMILES string of the molecule is C=C[C@H]1CC[C@H]2[C@@H]3CCC45OC4C(=O)CC[C@]5(C)[C@H]3CC[C@]12C. The van der Waals surface area contributed by atoms with E-state index >= 15 is 0 Å². The zero-order chi connectivity index (χ0) is 16.0. The van der Waals surface area contributed by atoms with E-state index < -0.39 is 0 Å². The van der Waals surface area contributed by atoms with Crippen LogP contribution in [0.15, 0.2) is 12.7 Å². The van der Waals surface area contributed by atoms with Gasteiger partial charge in [0.05, 0.1) is 0 Å². The fourth-order valence-corrected chi connectivity index (χ4v) is 7.93. The highest BCUT2D eigenvalue weighted by molar-refractivity contribution is 5.88. The highest BCUT2D eigenvalue weighted by Crippen LogP contribution is 2.72. The van der Waals surface area contributed by atoms with Crippen molar-refractivity contribution in [1.82, 2.24) is 0 Å². The Labute approximate surface area is 140 Å². The lowest BCUT2D eigenvalue weighted by Crippen LogP contribution is -2.58. The molecular weight excluding hydrogens is 284 g/mol. The lowest BCUT2D eigenvalue weighted by Gasteiger charge is -2.59. The summed E-state index contributed by atoms with van der Waals surface area (Å²) in [5.41, 5.74) is 0.674. The second-order valence-corrected chi connectivity index (χ2v) is 9.65. The number of carbonyl (C=O) groups excluding carboxylic acids is 1. The highest BCUT2D eigenvalue weighted by atomic mass is 16.6. The number of ether oxygens (including phenoxy) is 1. The van der Waals surface area contributed by atoms with Gasteiger partial charge in [-0.3, -0.25) is 4.79 Å². The molecule has 1 heterocycles. The first kappa shape index (κ1) is 14.7. The number of hydrogen-bond donors (Lipinski definition) is 0. The predicted octanol–water partition coefficient (Wildman–Crippen LogP) is 4.53. The third kappa shape index (κ3) is 1.53. The minimum absolute atomic E-state index is 0.0417. The maximum Gasteiger partial charge on any atom is 0.164 e. The minimum atomic E-state index is -0.0618. The molecule has 0 aromatic carbocycles. The average Bonchev–Trinajstić information content (AvgIpc) is 3.19. The lowest BCUT2D eigenvalue weighted by molar-refractivity contribution is -0.130. The fourth-order valence-electron chi connectivity index (χ4n) is 7.93. The van der Waals surface area contributed by atoms with E-state index in [4.69, 9.17) is 4.74 Å². The van der Waals surface area contributed by atoms with Crippen LogP contribution in [0.25, 0.3) is 0 Å². The number of allylic oxidation sites excluding steroid dienone is 1. The topological polar surface area (TPSA) is 29.6 Å². The van der Waals surface area contributed by atoms with Crippen LogP contribution in [0.5, 0.6) is 0 Å². The molecule has 4 saturated carbocycles. The third-order valence-corrected chi connectivity index (χ3v) is 9.31. The van der Waals surface area contributed by atoms with E-state index in [0.29, 0.717) is 11.2 Å². The maximum absolute atomic E-state index is 12.2. The van der Waals surface area contributed by atoms with Crippen LogP contribution >= 0.6 is 0 Å². The molecule has 8 atom stereocenters. The Hall–Kier alpha value is -0.630. The van der Waals surface area contributed by atoms with Crippen molar-refractivity contribution < 1.29 is 9.53 Å². The molecule has 1 aliphatic heterocycles.